The van der Waals surface area contributed by atoms with E-state index >= 15 is 0 Å². The molecule has 1 aliphatic carbocycles. The van der Waals surface area contributed by atoms with Crippen molar-refractivity contribution >= 4 is 11.6 Å². The molecule has 2 N–H and O–H groups in total. The van der Waals surface area contributed by atoms with Crippen molar-refractivity contribution in [3.05, 3.63) is 65.2 Å². The fourth-order valence-electron chi connectivity index (χ4n) is 3.38. The highest BCUT2D eigenvalue weighted by atomic mass is 16.2. The summed E-state index contributed by atoms with van der Waals surface area (Å²) in [7, 11) is 0. The molecule has 0 radical (unpaired) electrons. The Morgan fingerprint density at radius 2 is 1.92 bits per heavy atom. The number of fused-ring (bicyclic) bond motifs is 1. The number of carbonyl (C=O) groups is 1. The zero-order valence-corrected chi connectivity index (χ0v) is 14.5. The number of rotatable bonds is 5. The third-order valence-electron chi connectivity index (χ3n) is 4.84. The molecule has 0 aromatic heterocycles. The summed E-state index contributed by atoms with van der Waals surface area (Å²) in [4.78, 5) is 12.5. The molecule has 0 fully saturated rings. The number of hydrogen-bond donors (Lipinski definition) is 2. The van der Waals surface area contributed by atoms with Gasteiger partial charge in [0.05, 0.1) is 6.04 Å². The summed E-state index contributed by atoms with van der Waals surface area (Å²) in [6, 6.07) is 16.7. The predicted molar refractivity (Wildman–Crippen MR) is 99.2 cm³/mol. The van der Waals surface area contributed by atoms with E-state index in [0.717, 1.165) is 24.9 Å². The first kappa shape index (κ1) is 16.7. The number of carbonyl (C=O) groups excluding carboxylic acids is 1. The van der Waals surface area contributed by atoms with Crippen LogP contribution in [0, 0.1) is 0 Å². The maximum atomic E-state index is 12.5. The lowest BCUT2D eigenvalue weighted by atomic mass is 9.87. The Morgan fingerprint density at radius 1 is 1.17 bits per heavy atom. The largest absolute Gasteiger partial charge is 0.325 e. The van der Waals surface area contributed by atoms with E-state index in [9.17, 15) is 4.79 Å². The molecular weight excluding hydrogens is 296 g/mol. The van der Waals surface area contributed by atoms with Crippen molar-refractivity contribution in [2.75, 3.05) is 5.32 Å². The van der Waals surface area contributed by atoms with Crippen LogP contribution >= 0.6 is 0 Å². The Bertz CT molecular complexity index is 693. The molecule has 3 heteroatoms. The molecule has 2 aromatic rings. The fourth-order valence-corrected chi connectivity index (χ4v) is 3.38. The Balaban J connectivity index is 1.62. The highest BCUT2D eigenvalue weighted by Gasteiger charge is 2.23. The molecule has 2 aromatic carbocycles. The maximum absolute atomic E-state index is 12.5. The molecule has 0 aliphatic heterocycles. The summed E-state index contributed by atoms with van der Waals surface area (Å²) < 4.78 is 0. The third-order valence-corrected chi connectivity index (χ3v) is 4.84. The Kier molecular flexibility index (Phi) is 5.31. The first-order valence-corrected chi connectivity index (χ1v) is 8.91. The standard InChI is InChI=1S/C21H26N2O/c1-3-16-11-13-18(14-12-16)23-21(24)15(2)22-20-10-6-8-17-7-4-5-9-19(17)20/h4-5,7,9,11-15,20,22H,3,6,8,10H2,1-2H3,(H,23,24)/t15-,20-/m1/s1. The summed E-state index contributed by atoms with van der Waals surface area (Å²) in [6.07, 6.45) is 4.40. The van der Waals surface area contributed by atoms with Crippen molar-refractivity contribution in [2.24, 2.45) is 0 Å². The van der Waals surface area contributed by atoms with Crippen LogP contribution in [0.5, 0.6) is 0 Å². The van der Waals surface area contributed by atoms with Gasteiger partial charge >= 0.3 is 0 Å². The van der Waals surface area contributed by atoms with Crippen LogP contribution < -0.4 is 10.6 Å². The van der Waals surface area contributed by atoms with Gasteiger partial charge in [-0.2, -0.15) is 0 Å². The third kappa shape index (κ3) is 3.85. The van der Waals surface area contributed by atoms with Crippen molar-refractivity contribution in [2.45, 2.75) is 51.6 Å². The lowest BCUT2D eigenvalue weighted by molar-refractivity contribution is -0.118. The molecule has 0 bridgehead atoms. The topological polar surface area (TPSA) is 41.1 Å². The highest BCUT2D eigenvalue weighted by Crippen LogP contribution is 2.29. The monoisotopic (exact) mass is 322 g/mol. The van der Waals surface area contributed by atoms with Gasteiger partial charge in [0.1, 0.15) is 0 Å². The van der Waals surface area contributed by atoms with Gasteiger partial charge < -0.3 is 5.32 Å². The van der Waals surface area contributed by atoms with Crippen LogP contribution in [-0.4, -0.2) is 11.9 Å². The van der Waals surface area contributed by atoms with Gasteiger partial charge in [-0.15, -0.1) is 0 Å². The average molecular weight is 322 g/mol. The summed E-state index contributed by atoms with van der Waals surface area (Å²) in [5.41, 5.74) is 4.88. The van der Waals surface area contributed by atoms with Gasteiger partial charge in [0, 0.05) is 11.7 Å². The van der Waals surface area contributed by atoms with E-state index < -0.39 is 0 Å². The van der Waals surface area contributed by atoms with E-state index in [1.807, 2.05) is 19.1 Å². The van der Waals surface area contributed by atoms with Gasteiger partial charge in [0.15, 0.2) is 0 Å². The molecule has 24 heavy (non-hydrogen) atoms. The zero-order chi connectivity index (χ0) is 16.9. The molecule has 2 atom stereocenters. The maximum Gasteiger partial charge on any atom is 0.241 e. The minimum absolute atomic E-state index is 0.0160. The van der Waals surface area contributed by atoms with E-state index in [1.165, 1.54) is 23.1 Å². The Morgan fingerprint density at radius 3 is 2.67 bits per heavy atom. The minimum Gasteiger partial charge on any atom is -0.325 e. The number of nitrogens with one attached hydrogen (secondary N) is 2. The van der Waals surface area contributed by atoms with Gasteiger partial charge in [0.25, 0.3) is 0 Å². The molecule has 3 nitrogen and oxygen atoms in total. The second-order valence-electron chi connectivity index (χ2n) is 6.57. The van der Waals surface area contributed by atoms with Gasteiger partial charge in [0.2, 0.25) is 5.91 Å². The lowest BCUT2D eigenvalue weighted by Gasteiger charge is -2.29. The molecule has 3 rings (SSSR count). The van der Waals surface area contributed by atoms with Crippen LogP contribution in [0.4, 0.5) is 5.69 Å². The van der Waals surface area contributed by atoms with E-state index in [-0.39, 0.29) is 18.0 Å². The molecule has 0 saturated heterocycles. The van der Waals surface area contributed by atoms with Crippen molar-refractivity contribution < 1.29 is 4.79 Å². The summed E-state index contributed by atoms with van der Waals surface area (Å²) in [5.74, 6) is 0.0160. The van der Waals surface area contributed by atoms with Crippen LogP contribution in [0.1, 0.15) is 49.4 Å². The quantitative estimate of drug-likeness (QED) is 0.864. The van der Waals surface area contributed by atoms with Crippen LogP contribution in [0.25, 0.3) is 0 Å². The first-order chi connectivity index (χ1) is 11.7. The fraction of sp³-hybridized carbons (Fsp3) is 0.381. The molecule has 1 amide bonds. The smallest absolute Gasteiger partial charge is 0.241 e. The molecule has 0 spiro atoms. The predicted octanol–water partition coefficient (Wildman–Crippen LogP) is 4.24. The first-order valence-electron chi connectivity index (χ1n) is 8.91. The van der Waals surface area contributed by atoms with E-state index in [0.29, 0.717) is 0 Å². The van der Waals surface area contributed by atoms with Crippen LogP contribution in [0.15, 0.2) is 48.5 Å². The SMILES string of the molecule is CCc1ccc(NC(=O)[C@@H](C)N[C@@H]2CCCc3ccccc32)cc1. The van der Waals surface area contributed by atoms with Crippen molar-refractivity contribution in [1.29, 1.82) is 0 Å². The molecule has 126 valence electrons. The van der Waals surface area contributed by atoms with Gasteiger partial charge in [-0.1, -0.05) is 43.3 Å². The number of anilines is 1. The van der Waals surface area contributed by atoms with E-state index in [2.05, 4.69) is 54.0 Å². The van der Waals surface area contributed by atoms with Crippen LogP contribution in [0.2, 0.25) is 0 Å². The molecule has 0 saturated carbocycles. The second-order valence-corrected chi connectivity index (χ2v) is 6.57. The Hall–Kier alpha value is -2.13. The molecule has 1 aliphatic rings. The molecule has 0 unspecified atom stereocenters. The second kappa shape index (κ2) is 7.63. The summed E-state index contributed by atoms with van der Waals surface area (Å²) in [6.45, 7) is 4.06. The van der Waals surface area contributed by atoms with Gasteiger partial charge in [-0.3, -0.25) is 10.1 Å². The van der Waals surface area contributed by atoms with Crippen LogP contribution in [0.3, 0.4) is 0 Å². The van der Waals surface area contributed by atoms with Crippen molar-refractivity contribution in [3.63, 3.8) is 0 Å². The number of benzene rings is 2. The number of aryl methyl sites for hydroxylation is 2. The number of hydrogen-bond acceptors (Lipinski definition) is 2. The lowest BCUT2D eigenvalue weighted by Crippen LogP contribution is -2.41. The van der Waals surface area contributed by atoms with E-state index in [1.54, 1.807) is 0 Å². The average Bonchev–Trinajstić information content (AvgIpc) is 2.62. The van der Waals surface area contributed by atoms with E-state index in [4.69, 9.17) is 0 Å². The summed E-state index contributed by atoms with van der Waals surface area (Å²) >= 11 is 0. The summed E-state index contributed by atoms with van der Waals surface area (Å²) in [5, 5.41) is 6.51. The van der Waals surface area contributed by atoms with Crippen LogP contribution in [-0.2, 0) is 17.6 Å². The highest BCUT2D eigenvalue weighted by molar-refractivity contribution is 5.94. The Labute approximate surface area is 144 Å². The normalized spacial score (nSPS) is 17.8. The van der Waals surface area contributed by atoms with Crippen molar-refractivity contribution in [3.8, 4) is 0 Å². The number of amides is 1. The zero-order valence-electron chi connectivity index (χ0n) is 14.5. The van der Waals surface area contributed by atoms with Crippen molar-refractivity contribution in [1.82, 2.24) is 5.32 Å². The minimum atomic E-state index is -0.230. The van der Waals surface area contributed by atoms with Gasteiger partial charge in [-0.05, 0) is 61.4 Å². The molecule has 0 heterocycles. The molecular formula is C21H26N2O. The van der Waals surface area contributed by atoms with Gasteiger partial charge in [-0.25, -0.2) is 0 Å².